The molecule has 0 aliphatic carbocycles. The molecule has 0 bridgehead atoms. The van der Waals surface area contributed by atoms with Gasteiger partial charge in [0.05, 0.1) is 0 Å². The lowest BCUT2D eigenvalue weighted by Gasteiger charge is -2.08. The lowest BCUT2D eigenvalue weighted by molar-refractivity contribution is 0.588. The Morgan fingerprint density at radius 3 is 1.95 bits per heavy atom. The normalized spacial score (nSPS) is 10.9. The Kier molecular flexibility index (Phi) is 5.06. The zero-order chi connectivity index (χ0) is 13.7. The maximum Gasteiger partial charge on any atom is 0.0207 e. The van der Waals surface area contributed by atoms with E-state index in [1.54, 1.807) is 0 Å². The van der Waals surface area contributed by atoms with Crippen molar-refractivity contribution in [1.29, 1.82) is 0 Å². The van der Waals surface area contributed by atoms with E-state index in [-0.39, 0.29) is 0 Å². The molecule has 0 saturated carbocycles. The molecule has 0 heterocycles. The monoisotopic (exact) mass is 271 g/mol. The lowest BCUT2D eigenvalue weighted by Crippen LogP contribution is -2.21. The van der Waals surface area contributed by atoms with E-state index in [9.17, 15) is 0 Å². The molecule has 0 aromatic heterocycles. The summed E-state index contributed by atoms with van der Waals surface area (Å²) in [4.78, 5) is 2.58. The molecule has 19 heavy (non-hydrogen) atoms. The van der Waals surface area contributed by atoms with E-state index >= 15 is 0 Å². The molecule has 0 unspecified atom stereocenters. The van der Waals surface area contributed by atoms with Crippen LogP contribution in [-0.4, -0.2) is 6.04 Å². The number of rotatable bonds is 5. The standard InChI is InChI=1S/C17H21NS/c1-13(2)18-12-15-6-10-17(11-7-15)19-16-8-4-14(3)5-9-16/h4-11,13,18H,12H2,1-3H3. The maximum atomic E-state index is 3.43. The fourth-order valence-corrected chi connectivity index (χ4v) is 2.56. The van der Waals surface area contributed by atoms with Crippen LogP contribution in [0.1, 0.15) is 25.0 Å². The van der Waals surface area contributed by atoms with Gasteiger partial charge in [-0.2, -0.15) is 0 Å². The minimum atomic E-state index is 0.529. The summed E-state index contributed by atoms with van der Waals surface area (Å²) in [5.41, 5.74) is 2.64. The van der Waals surface area contributed by atoms with Crippen molar-refractivity contribution in [3.05, 3.63) is 59.7 Å². The van der Waals surface area contributed by atoms with Gasteiger partial charge in [-0.25, -0.2) is 0 Å². The average Bonchev–Trinajstić information content (AvgIpc) is 2.40. The fraction of sp³-hybridized carbons (Fsp3) is 0.294. The van der Waals surface area contributed by atoms with Crippen LogP contribution < -0.4 is 5.32 Å². The van der Waals surface area contributed by atoms with Crippen LogP contribution in [0.15, 0.2) is 58.3 Å². The van der Waals surface area contributed by atoms with Crippen LogP contribution in [0.25, 0.3) is 0 Å². The first kappa shape index (κ1) is 14.2. The van der Waals surface area contributed by atoms with Crippen LogP contribution in [0.5, 0.6) is 0 Å². The van der Waals surface area contributed by atoms with Gasteiger partial charge in [-0.3, -0.25) is 0 Å². The molecule has 1 N–H and O–H groups in total. The molecule has 0 radical (unpaired) electrons. The highest BCUT2D eigenvalue weighted by Gasteiger charge is 1.99. The Morgan fingerprint density at radius 2 is 1.42 bits per heavy atom. The van der Waals surface area contributed by atoms with Crippen molar-refractivity contribution in [3.8, 4) is 0 Å². The Morgan fingerprint density at radius 1 is 0.895 bits per heavy atom. The molecule has 0 aliphatic rings. The van der Waals surface area contributed by atoms with Crippen LogP contribution in [-0.2, 0) is 6.54 Å². The third-order valence-electron chi connectivity index (χ3n) is 2.89. The van der Waals surface area contributed by atoms with Gasteiger partial charge in [0.1, 0.15) is 0 Å². The molecule has 0 saturated heterocycles. The van der Waals surface area contributed by atoms with E-state index < -0.39 is 0 Å². The summed E-state index contributed by atoms with van der Waals surface area (Å²) in [7, 11) is 0. The molecule has 2 rings (SSSR count). The van der Waals surface area contributed by atoms with Crippen molar-refractivity contribution < 1.29 is 0 Å². The van der Waals surface area contributed by atoms with Crippen LogP contribution >= 0.6 is 11.8 Å². The van der Waals surface area contributed by atoms with Gasteiger partial charge >= 0.3 is 0 Å². The third-order valence-corrected chi connectivity index (χ3v) is 3.91. The first-order chi connectivity index (χ1) is 9.13. The minimum Gasteiger partial charge on any atom is -0.310 e. The second-order valence-electron chi connectivity index (χ2n) is 5.09. The first-order valence-corrected chi connectivity index (χ1v) is 7.52. The van der Waals surface area contributed by atoms with Gasteiger partial charge in [-0.15, -0.1) is 0 Å². The molecule has 0 aliphatic heterocycles. The van der Waals surface area contributed by atoms with E-state index in [4.69, 9.17) is 0 Å². The summed E-state index contributed by atoms with van der Waals surface area (Å²) >= 11 is 1.81. The quantitative estimate of drug-likeness (QED) is 0.850. The van der Waals surface area contributed by atoms with Gasteiger partial charge in [0.25, 0.3) is 0 Å². The number of benzene rings is 2. The largest absolute Gasteiger partial charge is 0.310 e. The predicted molar refractivity (Wildman–Crippen MR) is 83.7 cm³/mol. The zero-order valence-electron chi connectivity index (χ0n) is 11.8. The lowest BCUT2D eigenvalue weighted by atomic mass is 10.2. The summed E-state index contributed by atoms with van der Waals surface area (Å²) in [6.45, 7) is 7.39. The van der Waals surface area contributed by atoms with Crippen LogP contribution in [0, 0.1) is 6.92 Å². The Balaban J connectivity index is 1.96. The molecule has 2 aromatic rings. The molecule has 2 aromatic carbocycles. The second kappa shape index (κ2) is 6.78. The van der Waals surface area contributed by atoms with Gasteiger partial charge in [-0.1, -0.05) is 55.4 Å². The molecular formula is C17H21NS. The smallest absolute Gasteiger partial charge is 0.0207 e. The van der Waals surface area contributed by atoms with E-state index in [1.165, 1.54) is 20.9 Å². The second-order valence-corrected chi connectivity index (χ2v) is 6.24. The highest BCUT2D eigenvalue weighted by molar-refractivity contribution is 7.99. The van der Waals surface area contributed by atoms with Gasteiger partial charge in [0.2, 0.25) is 0 Å². The van der Waals surface area contributed by atoms with Gasteiger partial charge < -0.3 is 5.32 Å². The highest BCUT2D eigenvalue weighted by atomic mass is 32.2. The predicted octanol–water partition coefficient (Wildman–Crippen LogP) is 4.64. The number of hydrogen-bond acceptors (Lipinski definition) is 2. The Bertz CT molecular complexity index is 500. The summed E-state index contributed by atoms with van der Waals surface area (Å²) in [5.74, 6) is 0. The minimum absolute atomic E-state index is 0.529. The summed E-state index contributed by atoms with van der Waals surface area (Å²) in [5, 5.41) is 3.43. The van der Waals surface area contributed by atoms with Crippen molar-refractivity contribution >= 4 is 11.8 Å². The highest BCUT2D eigenvalue weighted by Crippen LogP contribution is 2.27. The average molecular weight is 271 g/mol. The fourth-order valence-electron chi connectivity index (χ4n) is 1.74. The van der Waals surface area contributed by atoms with Gasteiger partial charge in [-0.05, 0) is 36.8 Å². The Labute approximate surface area is 120 Å². The van der Waals surface area contributed by atoms with Crippen molar-refractivity contribution in [2.75, 3.05) is 0 Å². The van der Waals surface area contributed by atoms with Crippen LogP contribution in [0.3, 0.4) is 0 Å². The summed E-state index contributed by atoms with van der Waals surface area (Å²) in [6, 6.07) is 18.0. The zero-order valence-corrected chi connectivity index (χ0v) is 12.6. The maximum absolute atomic E-state index is 3.43. The number of aryl methyl sites for hydroxylation is 1. The molecular weight excluding hydrogens is 250 g/mol. The first-order valence-electron chi connectivity index (χ1n) is 6.70. The van der Waals surface area contributed by atoms with Crippen molar-refractivity contribution in [2.24, 2.45) is 0 Å². The van der Waals surface area contributed by atoms with Crippen LogP contribution in [0.2, 0.25) is 0 Å². The van der Waals surface area contributed by atoms with E-state index in [1.807, 2.05) is 11.8 Å². The van der Waals surface area contributed by atoms with E-state index in [0.29, 0.717) is 6.04 Å². The molecule has 1 nitrogen and oxygen atoms in total. The molecule has 0 spiro atoms. The molecule has 0 fully saturated rings. The number of hydrogen-bond donors (Lipinski definition) is 1. The molecule has 0 atom stereocenters. The SMILES string of the molecule is Cc1ccc(Sc2ccc(CNC(C)C)cc2)cc1. The number of nitrogens with one attached hydrogen (secondary N) is 1. The van der Waals surface area contributed by atoms with Crippen LogP contribution in [0.4, 0.5) is 0 Å². The van der Waals surface area contributed by atoms with E-state index in [0.717, 1.165) is 6.54 Å². The molecule has 2 heteroatoms. The summed E-state index contributed by atoms with van der Waals surface area (Å²) < 4.78 is 0. The van der Waals surface area contributed by atoms with Crippen molar-refractivity contribution in [3.63, 3.8) is 0 Å². The summed E-state index contributed by atoms with van der Waals surface area (Å²) in [6.07, 6.45) is 0. The van der Waals surface area contributed by atoms with Gasteiger partial charge in [0.15, 0.2) is 0 Å². The molecule has 100 valence electrons. The Hall–Kier alpha value is -1.25. The van der Waals surface area contributed by atoms with Crippen molar-refractivity contribution in [1.82, 2.24) is 5.32 Å². The third kappa shape index (κ3) is 4.73. The molecule has 0 amide bonds. The van der Waals surface area contributed by atoms with Crippen molar-refractivity contribution in [2.45, 2.75) is 43.1 Å². The topological polar surface area (TPSA) is 12.0 Å². The van der Waals surface area contributed by atoms with Gasteiger partial charge in [0, 0.05) is 22.4 Å². The van der Waals surface area contributed by atoms with E-state index in [2.05, 4.69) is 74.6 Å².